The third kappa shape index (κ3) is 4.27. The number of nitrogens with zero attached hydrogens (tertiary/aromatic N) is 1. The molecule has 0 atom stereocenters. The van der Waals surface area contributed by atoms with Gasteiger partial charge >= 0.3 is 0 Å². The van der Waals surface area contributed by atoms with Crippen molar-refractivity contribution in [1.29, 1.82) is 0 Å². The molecule has 0 aliphatic carbocycles. The molecule has 3 heteroatoms. The van der Waals surface area contributed by atoms with Crippen molar-refractivity contribution in [2.24, 2.45) is 5.41 Å². The van der Waals surface area contributed by atoms with Crippen molar-refractivity contribution in [3.63, 3.8) is 0 Å². The van der Waals surface area contributed by atoms with Crippen molar-refractivity contribution < 1.29 is 4.79 Å². The van der Waals surface area contributed by atoms with Gasteiger partial charge in [0, 0.05) is 24.2 Å². The van der Waals surface area contributed by atoms with E-state index >= 15 is 0 Å². The van der Waals surface area contributed by atoms with E-state index in [1.165, 1.54) is 0 Å². The number of anilines is 1. The molecule has 0 spiro atoms. The number of nitrogens with two attached hydrogens (primary N) is 1. The third-order valence-corrected chi connectivity index (χ3v) is 3.60. The van der Waals surface area contributed by atoms with E-state index in [4.69, 9.17) is 5.73 Å². The Kier molecular flexibility index (Phi) is 5.40. The maximum atomic E-state index is 12.6. The maximum Gasteiger partial charge on any atom is 0.228 e. The fourth-order valence-corrected chi connectivity index (χ4v) is 1.95. The van der Waals surface area contributed by atoms with Crippen LogP contribution >= 0.6 is 0 Å². The van der Waals surface area contributed by atoms with E-state index < -0.39 is 0 Å². The average molecular weight is 262 g/mol. The molecule has 2 N–H and O–H groups in total. The van der Waals surface area contributed by atoms with Gasteiger partial charge in [0.1, 0.15) is 0 Å². The lowest BCUT2D eigenvalue weighted by Gasteiger charge is -2.31. The summed E-state index contributed by atoms with van der Waals surface area (Å²) in [4.78, 5) is 14.5. The summed E-state index contributed by atoms with van der Waals surface area (Å²) in [5.41, 5.74) is 7.28. The van der Waals surface area contributed by atoms with E-state index in [-0.39, 0.29) is 11.3 Å². The molecule has 1 aromatic carbocycles. The van der Waals surface area contributed by atoms with Gasteiger partial charge in [0.15, 0.2) is 0 Å². The molecule has 0 aliphatic heterocycles. The van der Waals surface area contributed by atoms with Crippen molar-refractivity contribution >= 4 is 11.6 Å². The summed E-state index contributed by atoms with van der Waals surface area (Å²) in [6, 6.07) is 7.75. The van der Waals surface area contributed by atoms with Gasteiger partial charge in [0.05, 0.1) is 0 Å². The Morgan fingerprint density at radius 3 is 2.26 bits per heavy atom. The molecule has 19 heavy (non-hydrogen) atoms. The van der Waals surface area contributed by atoms with Crippen LogP contribution in [0.25, 0.3) is 0 Å². The van der Waals surface area contributed by atoms with Crippen molar-refractivity contribution in [1.82, 2.24) is 4.90 Å². The van der Waals surface area contributed by atoms with Gasteiger partial charge in [-0.25, -0.2) is 0 Å². The predicted octanol–water partition coefficient (Wildman–Crippen LogP) is 3.44. The first-order chi connectivity index (χ1) is 8.90. The lowest BCUT2D eigenvalue weighted by atomic mass is 9.88. The van der Waals surface area contributed by atoms with E-state index in [0.29, 0.717) is 6.54 Å². The number of carbonyl (C=O) groups excluding carboxylic acids is 1. The van der Waals surface area contributed by atoms with Crippen LogP contribution in [0.3, 0.4) is 0 Å². The standard InChI is InChI=1S/C16H26N2O/c1-5-11-18(15(19)16(3,4)6-2)12-13-7-9-14(17)10-8-13/h7-10H,5-6,11-12,17H2,1-4H3. The first kappa shape index (κ1) is 15.5. The Hall–Kier alpha value is -1.51. The zero-order valence-electron chi connectivity index (χ0n) is 12.6. The zero-order valence-corrected chi connectivity index (χ0v) is 12.6. The molecule has 0 bridgehead atoms. The highest BCUT2D eigenvalue weighted by atomic mass is 16.2. The molecule has 3 nitrogen and oxygen atoms in total. The second-order valence-electron chi connectivity index (χ2n) is 5.71. The lowest BCUT2D eigenvalue weighted by molar-refractivity contribution is -0.141. The molecule has 0 fully saturated rings. The van der Waals surface area contributed by atoms with Crippen LogP contribution in [0.5, 0.6) is 0 Å². The fourth-order valence-electron chi connectivity index (χ4n) is 1.95. The van der Waals surface area contributed by atoms with Gasteiger partial charge < -0.3 is 10.6 Å². The Labute approximate surface area is 116 Å². The van der Waals surface area contributed by atoms with Crippen molar-refractivity contribution in [3.05, 3.63) is 29.8 Å². The van der Waals surface area contributed by atoms with Gasteiger partial charge in [-0.3, -0.25) is 4.79 Å². The monoisotopic (exact) mass is 262 g/mol. The summed E-state index contributed by atoms with van der Waals surface area (Å²) < 4.78 is 0. The van der Waals surface area contributed by atoms with Gasteiger partial charge in [0.25, 0.3) is 0 Å². The molecule has 1 amide bonds. The first-order valence-corrected chi connectivity index (χ1v) is 7.04. The van der Waals surface area contributed by atoms with Gasteiger partial charge in [-0.15, -0.1) is 0 Å². The second-order valence-corrected chi connectivity index (χ2v) is 5.71. The van der Waals surface area contributed by atoms with Crippen LogP contribution < -0.4 is 5.73 Å². The van der Waals surface area contributed by atoms with E-state index in [0.717, 1.165) is 30.6 Å². The molecule has 1 aromatic rings. The summed E-state index contributed by atoms with van der Waals surface area (Å²) in [7, 11) is 0. The number of rotatable bonds is 6. The number of hydrogen-bond acceptors (Lipinski definition) is 2. The number of nitrogen functional groups attached to an aromatic ring is 1. The van der Waals surface area contributed by atoms with Crippen molar-refractivity contribution in [3.8, 4) is 0 Å². The summed E-state index contributed by atoms with van der Waals surface area (Å²) in [5, 5.41) is 0. The van der Waals surface area contributed by atoms with Gasteiger partial charge in [0.2, 0.25) is 5.91 Å². The Balaban J connectivity index is 2.83. The molecule has 0 unspecified atom stereocenters. The summed E-state index contributed by atoms with van der Waals surface area (Å²) in [5.74, 6) is 0.230. The summed E-state index contributed by atoms with van der Waals surface area (Å²) >= 11 is 0. The van der Waals surface area contributed by atoms with Crippen LogP contribution in [0.2, 0.25) is 0 Å². The van der Waals surface area contributed by atoms with Gasteiger partial charge in [-0.05, 0) is 30.5 Å². The second kappa shape index (κ2) is 6.60. The molecule has 0 aliphatic rings. The summed E-state index contributed by atoms with van der Waals surface area (Å²) in [6.45, 7) is 9.65. The molecule has 1 rings (SSSR count). The molecular formula is C16H26N2O. The van der Waals surface area contributed by atoms with E-state index in [1.807, 2.05) is 43.0 Å². The minimum atomic E-state index is -0.289. The predicted molar refractivity (Wildman–Crippen MR) is 80.6 cm³/mol. The van der Waals surface area contributed by atoms with Crippen LogP contribution in [0, 0.1) is 5.41 Å². The molecule has 0 saturated heterocycles. The fraction of sp³-hybridized carbons (Fsp3) is 0.562. The lowest BCUT2D eigenvalue weighted by Crippen LogP contribution is -2.40. The average Bonchev–Trinajstić information content (AvgIpc) is 2.40. The Morgan fingerprint density at radius 2 is 1.79 bits per heavy atom. The minimum absolute atomic E-state index is 0.230. The topological polar surface area (TPSA) is 46.3 Å². The minimum Gasteiger partial charge on any atom is -0.399 e. The van der Waals surface area contributed by atoms with Crippen LogP contribution in [0.4, 0.5) is 5.69 Å². The molecule has 0 saturated carbocycles. The van der Waals surface area contributed by atoms with E-state index in [1.54, 1.807) is 0 Å². The number of carbonyl (C=O) groups is 1. The molecule has 0 heterocycles. The summed E-state index contributed by atoms with van der Waals surface area (Å²) in [6.07, 6.45) is 1.83. The Bertz CT molecular complexity index is 409. The van der Waals surface area contributed by atoms with Crippen molar-refractivity contribution in [2.45, 2.75) is 47.1 Å². The highest BCUT2D eigenvalue weighted by Crippen LogP contribution is 2.24. The van der Waals surface area contributed by atoms with Crippen LogP contribution in [0.1, 0.15) is 46.1 Å². The van der Waals surface area contributed by atoms with Crippen molar-refractivity contribution in [2.75, 3.05) is 12.3 Å². The largest absolute Gasteiger partial charge is 0.399 e. The highest BCUT2D eigenvalue weighted by Gasteiger charge is 2.29. The molecule has 0 radical (unpaired) electrons. The van der Waals surface area contributed by atoms with Gasteiger partial charge in [-0.1, -0.05) is 39.8 Å². The maximum absolute atomic E-state index is 12.6. The number of amides is 1. The quantitative estimate of drug-likeness (QED) is 0.798. The molecular weight excluding hydrogens is 236 g/mol. The Morgan fingerprint density at radius 1 is 1.21 bits per heavy atom. The number of hydrogen-bond donors (Lipinski definition) is 1. The third-order valence-electron chi connectivity index (χ3n) is 3.60. The van der Waals surface area contributed by atoms with Crippen LogP contribution in [0.15, 0.2) is 24.3 Å². The first-order valence-electron chi connectivity index (χ1n) is 7.04. The SMILES string of the molecule is CCCN(Cc1ccc(N)cc1)C(=O)C(C)(C)CC. The normalized spacial score (nSPS) is 11.4. The molecule has 106 valence electrons. The van der Waals surface area contributed by atoms with Crippen LogP contribution in [-0.4, -0.2) is 17.4 Å². The number of benzene rings is 1. The zero-order chi connectivity index (χ0) is 14.5. The smallest absolute Gasteiger partial charge is 0.228 e. The molecule has 0 aromatic heterocycles. The van der Waals surface area contributed by atoms with E-state index in [9.17, 15) is 4.79 Å². The highest BCUT2D eigenvalue weighted by molar-refractivity contribution is 5.81. The van der Waals surface area contributed by atoms with Crippen LogP contribution in [-0.2, 0) is 11.3 Å². The van der Waals surface area contributed by atoms with E-state index in [2.05, 4.69) is 13.8 Å². The van der Waals surface area contributed by atoms with Gasteiger partial charge in [-0.2, -0.15) is 0 Å².